The second kappa shape index (κ2) is 8.29. The highest BCUT2D eigenvalue weighted by Gasteiger charge is 2.15. The summed E-state index contributed by atoms with van der Waals surface area (Å²) in [6, 6.07) is 11.3. The number of carbonyl (C=O) groups is 2. The van der Waals surface area contributed by atoms with Crippen molar-refractivity contribution in [1.82, 2.24) is 0 Å². The molecule has 0 saturated heterocycles. The lowest BCUT2D eigenvalue weighted by atomic mass is 10.2. The molecule has 0 atom stereocenters. The van der Waals surface area contributed by atoms with E-state index in [1.54, 1.807) is 49.6 Å². The van der Waals surface area contributed by atoms with Gasteiger partial charge < -0.3 is 20.1 Å². The second-order valence-electron chi connectivity index (χ2n) is 5.04. The van der Waals surface area contributed by atoms with Gasteiger partial charge in [0, 0.05) is 18.7 Å². The third kappa shape index (κ3) is 4.80. The number of nitrogens with zero attached hydrogens (tertiary/aromatic N) is 1. The Hall–Kier alpha value is -2.87. The van der Waals surface area contributed by atoms with Crippen LogP contribution in [0.4, 0.5) is 21.9 Å². The largest absolute Gasteiger partial charge is 0.497 e. The molecular formula is C17H19N3O4S. The maximum atomic E-state index is 12.4. The van der Waals surface area contributed by atoms with E-state index in [0.717, 1.165) is 4.31 Å². The average molecular weight is 361 g/mol. The first kappa shape index (κ1) is 18.5. The van der Waals surface area contributed by atoms with Crippen LogP contribution < -0.4 is 24.4 Å². The number of thiol groups is 1. The molecule has 0 saturated carbocycles. The molecule has 2 rings (SSSR count). The van der Waals surface area contributed by atoms with Gasteiger partial charge in [0.25, 0.3) is 0 Å². The minimum Gasteiger partial charge on any atom is -0.497 e. The average Bonchev–Trinajstić information content (AvgIpc) is 2.61. The molecule has 132 valence electrons. The fraction of sp³-hybridized carbons (Fsp3) is 0.176. The first-order valence-corrected chi connectivity index (χ1v) is 7.74. The van der Waals surface area contributed by atoms with E-state index in [2.05, 4.69) is 23.4 Å². The number of urea groups is 1. The highest BCUT2D eigenvalue weighted by atomic mass is 32.1. The van der Waals surface area contributed by atoms with Gasteiger partial charge in [0.2, 0.25) is 5.91 Å². The van der Waals surface area contributed by atoms with Crippen LogP contribution in [0.25, 0.3) is 0 Å². The molecule has 25 heavy (non-hydrogen) atoms. The van der Waals surface area contributed by atoms with Gasteiger partial charge in [-0.25, -0.2) is 9.10 Å². The summed E-state index contributed by atoms with van der Waals surface area (Å²) in [5, 5.41) is 5.37. The molecular weight excluding hydrogens is 342 g/mol. The SMILES string of the molecule is COc1ccc(NC(=O)N(S)c2ccc(NC(C)=O)cc2)c(OC)c1. The molecule has 0 fully saturated rings. The Balaban J connectivity index is 2.11. The van der Waals surface area contributed by atoms with Crippen molar-refractivity contribution >= 4 is 41.8 Å². The molecule has 0 heterocycles. The van der Waals surface area contributed by atoms with Gasteiger partial charge in [-0.1, -0.05) is 12.8 Å². The monoisotopic (exact) mass is 361 g/mol. The summed E-state index contributed by atoms with van der Waals surface area (Å²) in [6.45, 7) is 1.43. The van der Waals surface area contributed by atoms with E-state index in [0.29, 0.717) is 28.6 Å². The predicted octanol–water partition coefficient (Wildman–Crippen LogP) is 3.55. The smallest absolute Gasteiger partial charge is 0.336 e. The van der Waals surface area contributed by atoms with Gasteiger partial charge in [-0.2, -0.15) is 0 Å². The second-order valence-corrected chi connectivity index (χ2v) is 5.44. The van der Waals surface area contributed by atoms with Crippen LogP contribution >= 0.6 is 12.8 Å². The van der Waals surface area contributed by atoms with E-state index in [4.69, 9.17) is 9.47 Å². The molecule has 0 aliphatic heterocycles. The number of benzene rings is 2. The number of hydrogen-bond donors (Lipinski definition) is 3. The molecule has 0 aliphatic carbocycles. The van der Waals surface area contributed by atoms with Crippen molar-refractivity contribution in [2.45, 2.75) is 6.92 Å². The molecule has 0 radical (unpaired) electrons. The maximum absolute atomic E-state index is 12.4. The van der Waals surface area contributed by atoms with E-state index < -0.39 is 6.03 Å². The van der Waals surface area contributed by atoms with Crippen molar-refractivity contribution in [3.05, 3.63) is 42.5 Å². The van der Waals surface area contributed by atoms with Crippen molar-refractivity contribution in [1.29, 1.82) is 0 Å². The van der Waals surface area contributed by atoms with Crippen molar-refractivity contribution in [3.63, 3.8) is 0 Å². The van der Waals surface area contributed by atoms with Crippen molar-refractivity contribution < 1.29 is 19.1 Å². The number of rotatable bonds is 5. The quantitative estimate of drug-likeness (QED) is 0.712. The van der Waals surface area contributed by atoms with Crippen LogP contribution in [0.2, 0.25) is 0 Å². The highest BCUT2D eigenvalue weighted by molar-refractivity contribution is 7.82. The zero-order valence-electron chi connectivity index (χ0n) is 14.1. The van der Waals surface area contributed by atoms with E-state index in [-0.39, 0.29) is 5.91 Å². The molecule has 8 heteroatoms. The van der Waals surface area contributed by atoms with Crippen molar-refractivity contribution in [2.75, 3.05) is 29.2 Å². The summed E-state index contributed by atoms with van der Waals surface area (Å²) < 4.78 is 11.5. The first-order valence-electron chi connectivity index (χ1n) is 7.34. The lowest BCUT2D eigenvalue weighted by Crippen LogP contribution is -2.27. The first-order chi connectivity index (χ1) is 11.9. The molecule has 7 nitrogen and oxygen atoms in total. The Bertz CT molecular complexity index is 765. The van der Waals surface area contributed by atoms with E-state index in [9.17, 15) is 9.59 Å². The van der Waals surface area contributed by atoms with Crippen LogP contribution in [0.3, 0.4) is 0 Å². The lowest BCUT2D eigenvalue weighted by Gasteiger charge is -2.18. The predicted molar refractivity (Wildman–Crippen MR) is 101 cm³/mol. The molecule has 2 N–H and O–H groups in total. The third-order valence-electron chi connectivity index (χ3n) is 3.27. The van der Waals surface area contributed by atoms with Gasteiger partial charge in [0.1, 0.15) is 11.5 Å². The van der Waals surface area contributed by atoms with E-state index >= 15 is 0 Å². The number of ether oxygens (including phenoxy) is 2. The van der Waals surface area contributed by atoms with Gasteiger partial charge in [0.05, 0.1) is 25.6 Å². The Labute approximate surface area is 151 Å². The zero-order valence-corrected chi connectivity index (χ0v) is 15.0. The van der Waals surface area contributed by atoms with E-state index in [1.165, 1.54) is 14.0 Å². The van der Waals surface area contributed by atoms with Crippen LogP contribution in [-0.4, -0.2) is 26.2 Å². The van der Waals surface area contributed by atoms with Crippen LogP contribution in [-0.2, 0) is 4.79 Å². The number of anilines is 3. The van der Waals surface area contributed by atoms with Gasteiger partial charge in [-0.15, -0.1) is 0 Å². The molecule has 2 aromatic carbocycles. The highest BCUT2D eigenvalue weighted by Crippen LogP contribution is 2.30. The Morgan fingerprint density at radius 1 is 1.00 bits per heavy atom. The van der Waals surface area contributed by atoms with Crippen LogP contribution in [0.1, 0.15) is 6.92 Å². The fourth-order valence-electron chi connectivity index (χ4n) is 2.08. The standard InChI is InChI=1S/C17H19N3O4S/c1-11(21)18-12-4-6-13(7-5-12)20(25)17(22)19-15-9-8-14(23-2)10-16(15)24-3/h4-10,25H,1-3H3,(H,18,21)(H,19,22). The topological polar surface area (TPSA) is 79.9 Å². The van der Waals surface area contributed by atoms with Gasteiger partial charge in [-0.3, -0.25) is 4.79 Å². The molecule has 2 aromatic rings. The molecule has 0 aliphatic rings. The molecule has 0 aromatic heterocycles. The number of amides is 3. The Kier molecular flexibility index (Phi) is 6.13. The summed E-state index contributed by atoms with van der Waals surface area (Å²) in [5.41, 5.74) is 1.67. The van der Waals surface area contributed by atoms with Crippen molar-refractivity contribution in [3.8, 4) is 11.5 Å². The molecule has 0 unspecified atom stereocenters. The number of nitrogens with one attached hydrogen (secondary N) is 2. The minimum atomic E-state index is -0.459. The zero-order chi connectivity index (χ0) is 18.4. The van der Waals surface area contributed by atoms with Crippen LogP contribution in [0.5, 0.6) is 11.5 Å². The van der Waals surface area contributed by atoms with Crippen LogP contribution in [0.15, 0.2) is 42.5 Å². The Morgan fingerprint density at radius 2 is 1.68 bits per heavy atom. The normalized spacial score (nSPS) is 9.92. The fourth-order valence-corrected chi connectivity index (χ4v) is 2.26. The third-order valence-corrected chi connectivity index (χ3v) is 3.69. The molecule has 0 spiro atoms. The summed E-state index contributed by atoms with van der Waals surface area (Å²) in [5.74, 6) is 0.918. The lowest BCUT2D eigenvalue weighted by molar-refractivity contribution is -0.114. The Morgan fingerprint density at radius 3 is 2.24 bits per heavy atom. The number of carbonyl (C=O) groups excluding carboxylic acids is 2. The molecule has 0 bridgehead atoms. The van der Waals surface area contributed by atoms with Crippen LogP contribution in [0, 0.1) is 0 Å². The summed E-state index contributed by atoms with van der Waals surface area (Å²) in [6.07, 6.45) is 0. The van der Waals surface area contributed by atoms with Gasteiger partial charge in [-0.05, 0) is 36.4 Å². The number of methoxy groups -OCH3 is 2. The molecule has 3 amide bonds. The van der Waals surface area contributed by atoms with Gasteiger partial charge in [0.15, 0.2) is 0 Å². The van der Waals surface area contributed by atoms with Crippen molar-refractivity contribution in [2.24, 2.45) is 0 Å². The maximum Gasteiger partial charge on any atom is 0.336 e. The summed E-state index contributed by atoms with van der Waals surface area (Å²) >= 11 is 4.22. The minimum absolute atomic E-state index is 0.167. The summed E-state index contributed by atoms with van der Waals surface area (Å²) in [4.78, 5) is 23.4. The van der Waals surface area contributed by atoms with Gasteiger partial charge >= 0.3 is 6.03 Å². The number of hydrogen-bond acceptors (Lipinski definition) is 5. The summed E-state index contributed by atoms with van der Waals surface area (Å²) in [7, 11) is 3.05. The van der Waals surface area contributed by atoms with E-state index in [1.807, 2.05) is 0 Å².